The first-order valence-electron chi connectivity index (χ1n) is 6.67. The molecule has 1 unspecified atom stereocenters. The van der Waals surface area contributed by atoms with Crippen molar-refractivity contribution in [2.45, 2.75) is 52.1 Å². The van der Waals surface area contributed by atoms with Crippen molar-refractivity contribution in [2.75, 3.05) is 13.1 Å². The van der Waals surface area contributed by atoms with Gasteiger partial charge in [-0.2, -0.15) is 0 Å². The van der Waals surface area contributed by atoms with Crippen LogP contribution in [-0.4, -0.2) is 25.2 Å². The van der Waals surface area contributed by atoms with Crippen LogP contribution in [0.3, 0.4) is 0 Å². The van der Waals surface area contributed by atoms with Crippen molar-refractivity contribution in [1.82, 2.24) is 10.6 Å². The molecule has 0 saturated heterocycles. The van der Waals surface area contributed by atoms with Gasteiger partial charge in [-0.25, -0.2) is 0 Å². The monoisotopic (exact) mass is 238 g/mol. The van der Waals surface area contributed by atoms with Crippen molar-refractivity contribution in [3.63, 3.8) is 0 Å². The lowest BCUT2D eigenvalue weighted by Gasteiger charge is -2.12. The highest BCUT2D eigenvalue weighted by Crippen LogP contribution is 2.03. The third-order valence-electron chi connectivity index (χ3n) is 2.74. The third-order valence-corrected chi connectivity index (χ3v) is 2.74. The summed E-state index contributed by atoms with van der Waals surface area (Å²) in [7, 11) is 0. The highest BCUT2D eigenvalue weighted by molar-refractivity contribution is 4.99. The van der Waals surface area contributed by atoms with E-state index in [9.17, 15) is 0 Å². The summed E-state index contributed by atoms with van der Waals surface area (Å²) >= 11 is 0. The quantitative estimate of drug-likeness (QED) is 0.649. The van der Waals surface area contributed by atoms with E-state index in [0.717, 1.165) is 25.3 Å². The Bertz CT molecular complexity index is 270. The lowest BCUT2D eigenvalue weighted by molar-refractivity contribution is 0.449. The summed E-state index contributed by atoms with van der Waals surface area (Å²) in [6, 6.07) is 5.06. The normalized spacial score (nSPS) is 13.2. The molecule has 3 heteroatoms. The van der Waals surface area contributed by atoms with Crippen LogP contribution in [-0.2, 0) is 6.42 Å². The van der Waals surface area contributed by atoms with E-state index >= 15 is 0 Å². The van der Waals surface area contributed by atoms with Crippen molar-refractivity contribution < 1.29 is 4.42 Å². The minimum atomic E-state index is 0.485. The standard InChI is InChI=1S/C14H26N2O/c1-12(2)15-8-4-5-9-16-13(3)11-14-7-6-10-17-14/h6-7,10,12-13,15-16H,4-5,8-9,11H2,1-3H3. The Balaban J connectivity index is 1.95. The van der Waals surface area contributed by atoms with Crippen molar-refractivity contribution in [2.24, 2.45) is 0 Å². The van der Waals surface area contributed by atoms with Crippen molar-refractivity contribution in [3.05, 3.63) is 24.2 Å². The Morgan fingerprint density at radius 2 is 1.82 bits per heavy atom. The molecule has 0 aliphatic rings. The van der Waals surface area contributed by atoms with E-state index in [-0.39, 0.29) is 0 Å². The fourth-order valence-electron chi connectivity index (χ4n) is 1.79. The maximum absolute atomic E-state index is 5.33. The number of hydrogen-bond donors (Lipinski definition) is 2. The van der Waals surface area contributed by atoms with Gasteiger partial charge in [0.15, 0.2) is 0 Å². The van der Waals surface area contributed by atoms with Crippen LogP contribution in [0.15, 0.2) is 22.8 Å². The molecule has 0 spiro atoms. The highest BCUT2D eigenvalue weighted by Gasteiger charge is 2.04. The van der Waals surface area contributed by atoms with E-state index < -0.39 is 0 Å². The maximum Gasteiger partial charge on any atom is 0.105 e. The predicted octanol–water partition coefficient (Wildman–Crippen LogP) is 2.58. The second-order valence-electron chi connectivity index (χ2n) is 4.95. The largest absolute Gasteiger partial charge is 0.469 e. The summed E-state index contributed by atoms with van der Waals surface area (Å²) in [5.41, 5.74) is 0. The summed E-state index contributed by atoms with van der Waals surface area (Å²) in [5.74, 6) is 1.06. The Morgan fingerprint density at radius 3 is 2.41 bits per heavy atom. The van der Waals surface area contributed by atoms with Gasteiger partial charge < -0.3 is 15.1 Å². The average Bonchev–Trinajstić information content (AvgIpc) is 2.75. The smallest absolute Gasteiger partial charge is 0.105 e. The van der Waals surface area contributed by atoms with Gasteiger partial charge in [-0.05, 0) is 45.0 Å². The van der Waals surface area contributed by atoms with Gasteiger partial charge in [-0.1, -0.05) is 13.8 Å². The van der Waals surface area contributed by atoms with Gasteiger partial charge in [0, 0.05) is 18.5 Å². The molecular formula is C14H26N2O. The third kappa shape index (κ3) is 7.18. The fourth-order valence-corrected chi connectivity index (χ4v) is 1.79. The van der Waals surface area contributed by atoms with Crippen molar-refractivity contribution >= 4 is 0 Å². The van der Waals surface area contributed by atoms with Gasteiger partial charge in [-0.15, -0.1) is 0 Å². The minimum Gasteiger partial charge on any atom is -0.469 e. The van der Waals surface area contributed by atoms with E-state index in [1.54, 1.807) is 6.26 Å². The molecule has 1 aromatic rings. The van der Waals surface area contributed by atoms with Crippen LogP contribution in [0.25, 0.3) is 0 Å². The zero-order valence-corrected chi connectivity index (χ0v) is 11.3. The summed E-state index contributed by atoms with van der Waals surface area (Å²) in [6.07, 6.45) is 5.16. The Hall–Kier alpha value is -0.800. The Morgan fingerprint density at radius 1 is 1.12 bits per heavy atom. The molecular weight excluding hydrogens is 212 g/mol. The number of furan rings is 1. The van der Waals surface area contributed by atoms with E-state index in [4.69, 9.17) is 4.42 Å². The van der Waals surface area contributed by atoms with E-state index in [1.165, 1.54) is 12.8 Å². The van der Waals surface area contributed by atoms with Crippen molar-refractivity contribution in [1.29, 1.82) is 0 Å². The molecule has 0 fully saturated rings. The minimum absolute atomic E-state index is 0.485. The number of unbranched alkanes of at least 4 members (excludes halogenated alkanes) is 1. The first-order chi connectivity index (χ1) is 8.18. The van der Waals surface area contributed by atoms with Crippen LogP contribution in [0.5, 0.6) is 0 Å². The molecule has 98 valence electrons. The van der Waals surface area contributed by atoms with Crippen LogP contribution in [0, 0.1) is 0 Å². The first-order valence-corrected chi connectivity index (χ1v) is 6.67. The van der Waals surface area contributed by atoms with Crippen LogP contribution in [0.1, 0.15) is 39.4 Å². The van der Waals surface area contributed by atoms with Crippen molar-refractivity contribution in [3.8, 4) is 0 Å². The molecule has 1 atom stereocenters. The molecule has 1 heterocycles. The summed E-state index contributed by atoms with van der Waals surface area (Å²) in [5, 5.41) is 6.95. The SMILES string of the molecule is CC(C)NCCCCNC(C)Cc1ccco1. The van der Waals surface area contributed by atoms with E-state index in [2.05, 4.69) is 31.4 Å². The number of nitrogens with one attached hydrogen (secondary N) is 2. The first kappa shape index (κ1) is 14.3. The molecule has 0 amide bonds. The topological polar surface area (TPSA) is 37.2 Å². The highest BCUT2D eigenvalue weighted by atomic mass is 16.3. The number of rotatable bonds is 9. The molecule has 0 aliphatic carbocycles. The molecule has 1 rings (SSSR count). The van der Waals surface area contributed by atoms with Crippen LogP contribution >= 0.6 is 0 Å². The zero-order chi connectivity index (χ0) is 12.5. The molecule has 0 aromatic carbocycles. The second kappa shape index (κ2) is 8.31. The van der Waals surface area contributed by atoms with E-state index in [1.807, 2.05) is 12.1 Å². The molecule has 0 aliphatic heterocycles. The summed E-state index contributed by atoms with van der Waals surface area (Å²) in [6.45, 7) is 8.77. The van der Waals surface area contributed by atoms with E-state index in [0.29, 0.717) is 12.1 Å². The molecule has 0 radical (unpaired) electrons. The molecule has 0 saturated carbocycles. The maximum atomic E-state index is 5.33. The number of hydrogen-bond acceptors (Lipinski definition) is 3. The molecule has 17 heavy (non-hydrogen) atoms. The lowest BCUT2D eigenvalue weighted by atomic mass is 10.2. The Kier molecular flexibility index (Phi) is 6.97. The van der Waals surface area contributed by atoms with Crippen LogP contribution in [0.4, 0.5) is 0 Å². The predicted molar refractivity (Wildman–Crippen MR) is 72.2 cm³/mol. The molecule has 2 N–H and O–H groups in total. The average molecular weight is 238 g/mol. The van der Waals surface area contributed by atoms with Gasteiger partial charge in [0.05, 0.1) is 6.26 Å². The van der Waals surface area contributed by atoms with Crippen LogP contribution < -0.4 is 10.6 Å². The van der Waals surface area contributed by atoms with Crippen LogP contribution in [0.2, 0.25) is 0 Å². The summed E-state index contributed by atoms with van der Waals surface area (Å²) < 4.78 is 5.33. The van der Waals surface area contributed by atoms with Gasteiger partial charge in [-0.3, -0.25) is 0 Å². The van der Waals surface area contributed by atoms with Gasteiger partial charge in [0.25, 0.3) is 0 Å². The second-order valence-corrected chi connectivity index (χ2v) is 4.95. The lowest BCUT2D eigenvalue weighted by Crippen LogP contribution is -2.30. The molecule has 1 aromatic heterocycles. The molecule has 0 bridgehead atoms. The summed E-state index contributed by atoms with van der Waals surface area (Å²) in [4.78, 5) is 0. The van der Waals surface area contributed by atoms with Gasteiger partial charge in [0.1, 0.15) is 5.76 Å². The van der Waals surface area contributed by atoms with Gasteiger partial charge in [0.2, 0.25) is 0 Å². The Labute approximate surface area is 105 Å². The fraction of sp³-hybridized carbons (Fsp3) is 0.714. The molecule has 3 nitrogen and oxygen atoms in total. The zero-order valence-electron chi connectivity index (χ0n) is 11.3. The van der Waals surface area contributed by atoms with Gasteiger partial charge >= 0.3 is 0 Å².